The van der Waals surface area contributed by atoms with Gasteiger partial charge >= 0.3 is 103 Å². The van der Waals surface area contributed by atoms with Crippen molar-refractivity contribution in [2.24, 2.45) is 0 Å². The zero-order chi connectivity index (χ0) is 51.3. The minimum Gasteiger partial charge on any atom is -1.00 e. The molecule has 1 heterocycles. The first-order valence-electron chi connectivity index (χ1n) is 25.5. The van der Waals surface area contributed by atoms with Gasteiger partial charge in [0.05, 0.1) is 0 Å². The van der Waals surface area contributed by atoms with Crippen LogP contribution in [0.3, 0.4) is 0 Å². The predicted molar refractivity (Wildman–Crippen MR) is 300 cm³/mol. The van der Waals surface area contributed by atoms with Crippen LogP contribution in [0, 0.1) is 13.8 Å². The molecule has 376 valence electrons. The molecule has 0 aliphatic rings. The summed E-state index contributed by atoms with van der Waals surface area (Å²) >= 11 is 0. The smallest absolute Gasteiger partial charge is 1.00 e. The van der Waals surface area contributed by atoms with Crippen molar-refractivity contribution >= 4 is 6.47 Å². The summed E-state index contributed by atoms with van der Waals surface area (Å²) in [6, 6.07) is 98.1. The molecule has 0 amide bonds. The fourth-order valence-corrected chi connectivity index (χ4v) is 11.1. The SMILES string of the molecule is Cc1cc(C(c2ccccc2)c2ccccc2)c(-n2cc[n+](-c3c(C(c4ccccc4)c4ccccc4)cc(C)cc3C(c3ccccc3)c3ccccc3)c2)c(C(c2ccccc2)c2ccccc2)c1.O=CO[O-].[Cl-].[H-].[K+].[K+]. The van der Waals surface area contributed by atoms with Crippen molar-refractivity contribution in [2.45, 2.75) is 37.5 Å². The van der Waals surface area contributed by atoms with Crippen molar-refractivity contribution in [3.05, 3.63) is 364 Å². The first-order valence-corrected chi connectivity index (χ1v) is 25.5. The molecule has 0 radical (unpaired) electrons. The summed E-state index contributed by atoms with van der Waals surface area (Å²) in [4.78, 5) is 11.2. The van der Waals surface area contributed by atoms with Gasteiger partial charge in [0.15, 0.2) is 0 Å². The van der Waals surface area contributed by atoms with Gasteiger partial charge < -0.3 is 24.0 Å². The Bertz CT molecular complexity index is 2980. The molecule has 0 aliphatic heterocycles. The van der Waals surface area contributed by atoms with Crippen molar-refractivity contribution in [3.8, 4) is 11.4 Å². The van der Waals surface area contributed by atoms with Crippen LogP contribution in [-0.2, 0) is 9.68 Å². The number of benzene rings is 10. The molecule has 0 N–H and O–H groups in total. The average Bonchev–Trinajstić information content (AvgIpc) is 4.06. The van der Waals surface area contributed by atoms with Crippen molar-refractivity contribution in [3.63, 3.8) is 0 Å². The summed E-state index contributed by atoms with van der Waals surface area (Å²) in [7, 11) is 0. The molecule has 0 saturated carbocycles. The summed E-state index contributed by atoms with van der Waals surface area (Å²) in [5, 5.41) is 8.43. The molecule has 5 nitrogen and oxygen atoms in total. The van der Waals surface area contributed by atoms with Gasteiger partial charge in [-0.3, -0.25) is 4.79 Å². The van der Waals surface area contributed by atoms with Gasteiger partial charge in [-0.15, -0.1) is 0 Å². The van der Waals surface area contributed by atoms with Gasteiger partial charge in [-0.05, 0) is 58.4 Å². The van der Waals surface area contributed by atoms with E-state index in [4.69, 9.17) is 10.1 Å². The van der Waals surface area contributed by atoms with Gasteiger partial charge in [0.2, 0.25) is 0 Å². The Balaban J connectivity index is 0.00000122. The third kappa shape index (κ3) is 13.9. The number of aromatic nitrogens is 2. The van der Waals surface area contributed by atoms with Crippen LogP contribution >= 0.6 is 0 Å². The minimum atomic E-state index is -0.181. The van der Waals surface area contributed by atoms with Gasteiger partial charge in [-0.25, -0.2) is 9.13 Å². The molecule has 1 aromatic heterocycles. The Hall–Kier alpha value is -5.60. The number of hydrogen-bond acceptors (Lipinski definition) is 3. The summed E-state index contributed by atoms with van der Waals surface area (Å²) in [6.07, 6.45) is 6.95. The molecule has 0 saturated heterocycles. The van der Waals surface area contributed by atoms with Gasteiger partial charge in [0.25, 0.3) is 12.8 Å². The third-order valence-corrected chi connectivity index (χ3v) is 14.1. The molecule has 0 aliphatic carbocycles. The quantitative estimate of drug-likeness (QED) is 0.0334. The Kier molecular flexibility index (Phi) is 22.8. The maximum Gasteiger partial charge on any atom is 1.00 e. The predicted octanol–water partition coefficient (Wildman–Crippen LogP) is 5.65. The molecule has 0 unspecified atom stereocenters. The van der Waals surface area contributed by atoms with Gasteiger partial charge in [-0.1, -0.05) is 278 Å². The number of aryl methyl sites for hydroxylation is 2. The van der Waals surface area contributed by atoms with Crippen molar-refractivity contribution in [1.29, 1.82) is 0 Å². The van der Waals surface area contributed by atoms with E-state index in [1.165, 1.54) is 89.3 Å². The number of imidazole rings is 1. The van der Waals surface area contributed by atoms with E-state index in [2.05, 4.69) is 314 Å². The zero-order valence-corrected chi connectivity index (χ0v) is 51.5. The first-order chi connectivity index (χ1) is 37.0. The molecular weight excluding hydrogens is 1030 g/mol. The van der Waals surface area contributed by atoms with Crippen LogP contribution < -0.4 is 125 Å². The fourth-order valence-electron chi connectivity index (χ4n) is 11.1. The van der Waals surface area contributed by atoms with Crippen LogP contribution in [0.25, 0.3) is 11.4 Å². The number of carbonyl (C=O) groups is 1. The number of carbonyl (C=O) groups excluding carboxylic acids is 1. The Labute approximate surface area is 552 Å². The molecule has 0 spiro atoms. The van der Waals surface area contributed by atoms with Crippen LogP contribution in [0.1, 0.15) is 103 Å². The number of hydrogen-bond donors (Lipinski definition) is 0. The maximum atomic E-state index is 8.64. The monoisotopic (exact) mass is 1090 g/mol. The van der Waals surface area contributed by atoms with Crippen LogP contribution in [-0.4, -0.2) is 11.0 Å². The van der Waals surface area contributed by atoms with E-state index in [1.54, 1.807) is 0 Å². The normalized spacial score (nSPS) is 10.7. The molecule has 10 aromatic carbocycles. The molecular formula is C70H59ClK2N2O3. The van der Waals surface area contributed by atoms with Crippen LogP contribution in [0.2, 0.25) is 0 Å². The molecule has 8 heteroatoms. The second-order valence-corrected chi connectivity index (χ2v) is 19.0. The van der Waals surface area contributed by atoms with E-state index >= 15 is 0 Å². The number of nitrogens with zero attached hydrogens (tertiary/aromatic N) is 2. The summed E-state index contributed by atoms with van der Waals surface area (Å²) in [5.41, 5.74) is 19.8. The van der Waals surface area contributed by atoms with Gasteiger partial charge in [0, 0.05) is 45.9 Å². The Morgan fingerprint density at radius 2 is 0.628 bits per heavy atom. The van der Waals surface area contributed by atoms with Crippen LogP contribution in [0.4, 0.5) is 0 Å². The molecule has 0 bridgehead atoms. The Morgan fingerprint density at radius 3 is 0.859 bits per heavy atom. The van der Waals surface area contributed by atoms with Crippen LogP contribution in [0.15, 0.2) is 286 Å². The van der Waals surface area contributed by atoms with E-state index in [-0.39, 0.29) is 147 Å². The van der Waals surface area contributed by atoms with Gasteiger partial charge in [-0.2, -0.15) is 0 Å². The number of halogens is 1. The summed E-state index contributed by atoms with van der Waals surface area (Å²) in [5.74, 6) is -0.220. The molecule has 11 rings (SSSR count). The van der Waals surface area contributed by atoms with E-state index in [1.807, 2.05) is 0 Å². The molecule has 0 fully saturated rings. The summed E-state index contributed by atoms with van der Waals surface area (Å²) in [6.45, 7) is 4.34. The van der Waals surface area contributed by atoms with Crippen molar-refractivity contribution in [2.75, 3.05) is 0 Å². The maximum absolute atomic E-state index is 8.64. The van der Waals surface area contributed by atoms with Gasteiger partial charge in [0.1, 0.15) is 23.8 Å². The van der Waals surface area contributed by atoms with E-state index in [0.29, 0.717) is 0 Å². The zero-order valence-electron chi connectivity index (χ0n) is 45.5. The molecule has 78 heavy (non-hydrogen) atoms. The average molecular weight is 1090 g/mol. The van der Waals surface area contributed by atoms with Crippen molar-refractivity contribution in [1.82, 2.24) is 4.57 Å². The van der Waals surface area contributed by atoms with E-state index in [0.717, 1.165) is 0 Å². The largest absolute Gasteiger partial charge is 1.00 e. The topological polar surface area (TPSA) is 58.2 Å². The Morgan fingerprint density at radius 1 is 0.410 bits per heavy atom. The first kappa shape index (κ1) is 60.1. The van der Waals surface area contributed by atoms with Crippen molar-refractivity contribution < 1.29 is 136 Å². The molecule has 11 aromatic rings. The standard InChI is InChI=1S/C69H57N2.CH2O3.ClH.2K.H/c1-50-45-60(64(52-27-11-3-12-28-52)53-29-13-4-14-30-53)68(61(46-50)65(54-31-15-5-16-32-54)55-33-17-6-18-34-55)70-43-44-71(49-70)69-62(66(56-35-19-7-20-36-56)57-37-21-8-22-38-57)47-51(2)48-63(69)67(58-39-23-9-24-40-58)59-41-25-10-26-42-59;2-1-4-3;;;;/h3-49,64-67H,1-2H3;1,3H;1H;;;/q+1;;;2*+1;-1/p-2. The van der Waals surface area contributed by atoms with E-state index in [9.17, 15) is 0 Å². The second kappa shape index (κ2) is 29.6. The van der Waals surface area contributed by atoms with E-state index < -0.39 is 0 Å². The summed E-state index contributed by atoms with van der Waals surface area (Å²) < 4.78 is 4.85. The van der Waals surface area contributed by atoms with Crippen LogP contribution in [0.5, 0.6) is 0 Å². The number of rotatable bonds is 15. The fraction of sp³-hybridized carbons (Fsp3) is 0.0857. The molecule has 0 atom stereocenters. The minimum absolute atomic E-state index is 0. The third-order valence-electron chi connectivity index (χ3n) is 14.1. The second-order valence-electron chi connectivity index (χ2n) is 19.0.